The fourth-order valence-electron chi connectivity index (χ4n) is 6.54. The third kappa shape index (κ3) is 38.0. The molecular formula is C45H86O6. The van der Waals surface area contributed by atoms with Gasteiger partial charge in [-0.25, -0.2) is 0 Å². The van der Waals surface area contributed by atoms with Crippen molar-refractivity contribution in [1.29, 1.82) is 0 Å². The molecule has 0 spiro atoms. The zero-order chi connectivity index (χ0) is 37.6. The van der Waals surface area contributed by atoms with Crippen molar-refractivity contribution in [2.75, 3.05) is 13.2 Å². The van der Waals surface area contributed by atoms with Crippen LogP contribution in [0, 0.1) is 11.8 Å². The van der Waals surface area contributed by atoms with Crippen LogP contribution in [-0.4, -0.2) is 37.2 Å². The van der Waals surface area contributed by atoms with Crippen LogP contribution in [0.15, 0.2) is 0 Å². The van der Waals surface area contributed by atoms with E-state index in [2.05, 4.69) is 34.6 Å². The third-order valence-electron chi connectivity index (χ3n) is 10.3. The number of unbranched alkanes of at least 4 members (excludes halogenated alkanes) is 23. The first-order valence-electron chi connectivity index (χ1n) is 22.3. The van der Waals surface area contributed by atoms with E-state index in [9.17, 15) is 14.4 Å². The summed E-state index contributed by atoms with van der Waals surface area (Å²) in [6.45, 7) is 11.3. The molecule has 0 aliphatic carbocycles. The van der Waals surface area contributed by atoms with Crippen LogP contribution in [0.4, 0.5) is 0 Å². The van der Waals surface area contributed by atoms with Crippen LogP contribution in [0.5, 0.6) is 0 Å². The second-order valence-electron chi connectivity index (χ2n) is 16.1. The molecule has 2 atom stereocenters. The highest BCUT2D eigenvalue weighted by Crippen LogP contribution is 2.17. The van der Waals surface area contributed by atoms with Crippen LogP contribution in [-0.2, 0) is 28.6 Å². The van der Waals surface area contributed by atoms with Crippen LogP contribution < -0.4 is 0 Å². The van der Waals surface area contributed by atoms with E-state index in [1.54, 1.807) is 0 Å². The Morgan fingerprint density at radius 1 is 0.412 bits per heavy atom. The highest BCUT2D eigenvalue weighted by Gasteiger charge is 2.19. The van der Waals surface area contributed by atoms with Crippen LogP contribution in [0.3, 0.4) is 0 Å². The first-order valence-corrected chi connectivity index (χ1v) is 22.3. The average molecular weight is 723 g/mol. The lowest BCUT2D eigenvalue weighted by Crippen LogP contribution is -2.30. The van der Waals surface area contributed by atoms with E-state index >= 15 is 0 Å². The van der Waals surface area contributed by atoms with E-state index in [1.807, 2.05) is 0 Å². The second kappa shape index (κ2) is 38.1. The Morgan fingerprint density at radius 3 is 1.12 bits per heavy atom. The van der Waals surface area contributed by atoms with Gasteiger partial charge in [0.1, 0.15) is 13.2 Å². The zero-order valence-electron chi connectivity index (χ0n) is 34.7. The van der Waals surface area contributed by atoms with Gasteiger partial charge in [-0.15, -0.1) is 0 Å². The van der Waals surface area contributed by atoms with Gasteiger partial charge < -0.3 is 14.2 Å². The van der Waals surface area contributed by atoms with Crippen molar-refractivity contribution in [2.45, 2.75) is 246 Å². The Hall–Kier alpha value is -1.59. The molecule has 6 heteroatoms. The number of carbonyl (C=O) groups excluding carboxylic acids is 3. The van der Waals surface area contributed by atoms with Gasteiger partial charge in [-0.1, -0.05) is 202 Å². The molecule has 0 saturated heterocycles. The molecule has 0 bridgehead atoms. The Kier molecular flexibility index (Phi) is 37.0. The molecule has 6 nitrogen and oxygen atoms in total. The lowest BCUT2D eigenvalue weighted by molar-refractivity contribution is -0.167. The van der Waals surface area contributed by atoms with E-state index in [0.717, 1.165) is 69.6 Å². The summed E-state index contributed by atoms with van der Waals surface area (Å²) in [7, 11) is 0. The molecular weight excluding hydrogens is 636 g/mol. The topological polar surface area (TPSA) is 78.9 Å². The summed E-state index contributed by atoms with van der Waals surface area (Å²) in [5.74, 6) is 0.743. The maximum absolute atomic E-state index is 12.7. The summed E-state index contributed by atoms with van der Waals surface area (Å²) in [6.07, 6.45) is 35.2. The summed E-state index contributed by atoms with van der Waals surface area (Å²) in [5, 5.41) is 0. The summed E-state index contributed by atoms with van der Waals surface area (Å²) in [5.41, 5.74) is 0. The molecule has 0 radical (unpaired) electrons. The lowest BCUT2D eigenvalue weighted by atomic mass is 9.99. The predicted octanol–water partition coefficient (Wildman–Crippen LogP) is 13.8. The highest BCUT2D eigenvalue weighted by atomic mass is 16.6. The quantitative estimate of drug-likeness (QED) is 0.0357. The molecule has 1 unspecified atom stereocenters. The molecule has 0 aliphatic rings. The molecule has 0 N–H and O–H groups in total. The van der Waals surface area contributed by atoms with Crippen molar-refractivity contribution < 1.29 is 28.6 Å². The maximum Gasteiger partial charge on any atom is 0.306 e. The van der Waals surface area contributed by atoms with Gasteiger partial charge in [0.25, 0.3) is 0 Å². The van der Waals surface area contributed by atoms with Crippen LogP contribution in [0.25, 0.3) is 0 Å². The Labute approximate surface area is 317 Å². The van der Waals surface area contributed by atoms with E-state index in [-0.39, 0.29) is 31.1 Å². The number of carbonyl (C=O) groups is 3. The smallest absolute Gasteiger partial charge is 0.306 e. The van der Waals surface area contributed by atoms with E-state index in [4.69, 9.17) is 14.2 Å². The minimum absolute atomic E-state index is 0.0660. The normalized spacial score (nSPS) is 12.6. The molecule has 0 rings (SSSR count). The Balaban J connectivity index is 4.35. The molecule has 0 aromatic rings. The standard InChI is InChI=1S/C45H86O6/c1-6-8-9-10-11-12-13-14-15-19-25-30-35-43(46)49-38-42(39-50-44(47)36-31-26-22-21-23-28-33-40(3)4)51-45(48)37-32-27-20-17-16-18-24-29-34-41(5)7-2/h40-42H,6-39H2,1-5H3/t41?,42-/m1/s1. The van der Waals surface area contributed by atoms with Crippen molar-refractivity contribution in [2.24, 2.45) is 11.8 Å². The van der Waals surface area contributed by atoms with Gasteiger partial charge in [-0.05, 0) is 31.1 Å². The molecule has 0 saturated carbocycles. The highest BCUT2D eigenvalue weighted by molar-refractivity contribution is 5.71. The van der Waals surface area contributed by atoms with Gasteiger partial charge in [0.15, 0.2) is 6.10 Å². The summed E-state index contributed by atoms with van der Waals surface area (Å²) < 4.78 is 16.7. The van der Waals surface area contributed by atoms with E-state index in [1.165, 1.54) is 128 Å². The fraction of sp³-hybridized carbons (Fsp3) is 0.933. The Bertz CT molecular complexity index is 781. The SMILES string of the molecule is CCCCCCCCCCCCCCC(=O)OC[C@H](COC(=O)CCCCCCCCC(C)C)OC(=O)CCCCCCCCCCC(C)CC. The third-order valence-corrected chi connectivity index (χ3v) is 10.3. The molecule has 0 fully saturated rings. The van der Waals surface area contributed by atoms with Gasteiger partial charge >= 0.3 is 17.9 Å². The minimum Gasteiger partial charge on any atom is -0.462 e. The largest absolute Gasteiger partial charge is 0.462 e. The molecule has 0 heterocycles. The maximum atomic E-state index is 12.7. The number of hydrogen-bond acceptors (Lipinski definition) is 6. The van der Waals surface area contributed by atoms with Crippen molar-refractivity contribution in [3.05, 3.63) is 0 Å². The lowest BCUT2D eigenvalue weighted by Gasteiger charge is -2.18. The molecule has 0 aromatic heterocycles. The average Bonchev–Trinajstić information content (AvgIpc) is 3.11. The molecule has 51 heavy (non-hydrogen) atoms. The minimum atomic E-state index is -0.760. The Morgan fingerprint density at radius 2 is 0.745 bits per heavy atom. The van der Waals surface area contributed by atoms with Gasteiger partial charge in [0.2, 0.25) is 0 Å². The van der Waals surface area contributed by atoms with E-state index in [0.29, 0.717) is 19.3 Å². The second-order valence-corrected chi connectivity index (χ2v) is 16.1. The molecule has 0 aromatic carbocycles. The van der Waals surface area contributed by atoms with Gasteiger partial charge in [-0.2, -0.15) is 0 Å². The molecule has 0 aliphatic heterocycles. The number of ether oxygens (including phenoxy) is 3. The number of hydrogen-bond donors (Lipinski definition) is 0. The van der Waals surface area contributed by atoms with E-state index < -0.39 is 6.10 Å². The van der Waals surface area contributed by atoms with Crippen LogP contribution in [0.1, 0.15) is 240 Å². The predicted molar refractivity (Wildman–Crippen MR) is 215 cm³/mol. The summed E-state index contributed by atoms with van der Waals surface area (Å²) in [6, 6.07) is 0. The summed E-state index contributed by atoms with van der Waals surface area (Å²) in [4.78, 5) is 37.6. The van der Waals surface area contributed by atoms with Crippen LogP contribution in [0.2, 0.25) is 0 Å². The van der Waals surface area contributed by atoms with Crippen LogP contribution >= 0.6 is 0 Å². The molecule has 302 valence electrons. The first-order chi connectivity index (χ1) is 24.8. The zero-order valence-corrected chi connectivity index (χ0v) is 34.7. The van der Waals surface area contributed by atoms with Crippen molar-refractivity contribution in [3.8, 4) is 0 Å². The number of esters is 3. The number of rotatable bonds is 39. The summed E-state index contributed by atoms with van der Waals surface area (Å²) >= 11 is 0. The fourth-order valence-corrected chi connectivity index (χ4v) is 6.54. The first kappa shape index (κ1) is 49.4. The van der Waals surface area contributed by atoms with Crippen molar-refractivity contribution in [1.82, 2.24) is 0 Å². The van der Waals surface area contributed by atoms with Gasteiger partial charge in [0.05, 0.1) is 0 Å². The van der Waals surface area contributed by atoms with Gasteiger partial charge in [-0.3, -0.25) is 14.4 Å². The molecule has 0 amide bonds. The monoisotopic (exact) mass is 723 g/mol. The van der Waals surface area contributed by atoms with Crippen molar-refractivity contribution >= 4 is 17.9 Å². The van der Waals surface area contributed by atoms with Gasteiger partial charge in [0, 0.05) is 19.3 Å². The van der Waals surface area contributed by atoms with Crippen molar-refractivity contribution in [3.63, 3.8) is 0 Å².